The molecule has 5 nitrogen and oxygen atoms in total. The zero-order valence-corrected chi connectivity index (χ0v) is 18.6. The smallest absolute Gasteiger partial charge is 0.227 e. The van der Waals surface area contributed by atoms with Crippen molar-refractivity contribution in [3.63, 3.8) is 0 Å². The minimum atomic E-state index is -0.417. The summed E-state index contributed by atoms with van der Waals surface area (Å²) in [5.74, 6) is 0.918. The number of aromatic nitrogens is 2. The van der Waals surface area contributed by atoms with Gasteiger partial charge in [0.1, 0.15) is 5.66 Å². The maximum Gasteiger partial charge on any atom is 0.227 e. The molecule has 6 rings (SSSR count). The van der Waals surface area contributed by atoms with Gasteiger partial charge in [0.15, 0.2) is 11.4 Å². The minimum absolute atomic E-state index is 0.417. The molecule has 0 aliphatic carbocycles. The molecule has 2 aromatic carbocycles. The molecule has 0 N–H and O–H groups in total. The zero-order chi connectivity index (χ0) is 22.0. The molecule has 0 radical (unpaired) electrons. The van der Waals surface area contributed by atoms with Crippen LogP contribution in [0.25, 0.3) is 22.1 Å². The highest BCUT2D eigenvalue weighted by Gasteiger charge is 2.46. The number of hydrogen-bond acceptors (Lipinski definition) is 5. The molecule has 5 aromatic rings. The number of benzene rings is 2. The van der Waals surface area contributed by atoms with Crippen molar-refractivity contribution in [2.75, 3.05) is 9.80 Å². The minimum Gasteiger partial charge on any atom is -0.435 e. The number of nitrogens with zero attached hydrogens (tertiary/aromatic N) is 4. The van der Waals surface area contributed by atoms with Crippen molar-refractivity contribution in [2.24, 2.45) is 0 Å². The summed E-state index contributed by atoms with van der Waals surface area (Å²) in [4.78, 5) is 14.1. The number of fused-ring (bicyclic) bond motifs is 4. The second-order valence-corrected chi connectivity index (χ2v) is 8.86. The molecule has 158 valence electrons. The highest BCUT2D eigenvalue weighted by atomic mass is 16.3. The van der Waals surface area contributed by atoms with Gasteiger partial charge in [-0.05, 0) is 69.7 Å². The van der Waals surface area contributed by atoms with Crippen LogP contribution < -0.4 is 9.80 Å². The molecule has 5 heteroatoms. The zero-order valence-electron chi connectivity index (χ0n) is 18.6. The molecule has 3 aromatic heterocycles. The Balaban J connectivity index is 1.66. The van der Waals surface area contributed by atoms with Crippen LogP contribution in [0.1, 0.15) is 25.1 Å². The number of hydrogen-bond donors (Lipinski definition) is 0. The van der Waals surface area contributed by atoms with E-state index in [2.05, 4.69) is 84.1 Å². The molecule has 0 bridgehead atoms. The fraction of sp³-hybridized carbons (Fsp3) is 0.185. The second kappa shape index (κ2) is 6.57. The van der Waals surface area contributed by atoms with E-state index in [4.69, 9.17) is 9.40 Å². The third kappa shape index (κ3) is 2.51. The van der Waals surface area contributed by atoms with Crippen molar-refractivity contribution < 1.29 is 4.42 Å². The van der Waals surface area contributed by atoms with Gasteiger partial charge < -0.3 is 9.32 Å². The van der Waals surface area contributed by atoms with Crippen LogP contribution in [0.15, 0.2) is 77.3 Å². The summed E-state index contributed by atoms with van der Waals surface area (Å²) in [7, 11) is 0. The monoisotopic (exact) mass is 420 g/mol. The lowest BCUT2D eigenvalue weighted by Gasteiger charge is -2.40. The summed E-state index contributed by atoms with van der Waals surface area (Å²) in [6.07, 6.45) is 1.86. The summed E-state index contributed by atoms with van der Waals surface area (Å²) in [5, 5.41) is 2.10. The lowest BCUT2D eigenvalue weighted by atomic mass is 10.0. The summed E-state index contributed by atoms with van der Waals surface area (Å²) in [6, 6.07) is 23.0. The van der Waals surface area contributed by atoms with Crippen molar-refractivity contribution in [1.29, 1.82) is 0 Å². The van der Waals surface area contributed by atoms with Crippen LogP contribution in [-0.2, 0) is 0 Å². The van der Waals surface area contributed by atoms with Gasteiger partial charge >= 0.3 is 0 Å². The van der Waals surface area contributed by atoms with Gasteiger partial charge in [-0.15, -0.1) is 0 Å². The van der Waals surface area contributed by atoms with E-state index >= 15 is 0 Å². The van der Waals surface area contributed by atoms with E-state index in [0.29, 0.717) is 5.71 Å². The number of pyridine rings is 2. The topological polar surface area (TPSA) is 45.4 Å². The van der Waals surface area contributed by atoms with Gasteiger partial charge in [-0.1, -0.05) is 30.3 Å². The number of aryl methyl sites for hydroxylation is 2. The Morgan fingerprint density at radius 1 is 0.812 bits per heavy atom. The fourth-order valence-electron chi connectivity index (χ4n) is 4.98. The first-order valence-electron chi connectivity index (χ1n) is 10.9. The molecule has 0 unspecified atom stereocenters. The predicted octanol–water partition coefficient (Wildman–Crippen LogP) is 7.02. The van der Waals surface area contributed by atoms with Crippen LogP contribution in [-0.4, -0.2) is 15.6 Å². The van der Waals surface area contributed by atoms with Crippen molar-refractivity contribution in [3.8, 4) is 0 Å². The Bertz CT molecular complexity index is 1490. The molecule has 0 amide bonds. The molecule has 1 aliphatic heterocycles. The van der Waals surface area contributed by atoms with Crippen LogP contribution in [0.3, 0.4) is 0 Å². The van der Waals surface area contributed by atoms with Gasteiger partial charge in [0, 0.05) is 28.4 Å². The van der Waals surface area contributed by atoms with Crippen LogP contribution in [0.4, 0.5) is 22.9 Å². The highest BCUT2D eigenvalue weighted by molar-refractivity contribution is 6.10. The average Bonchev–Trinajstić information content (AvgIpc) is 3.25. The largest absolute Gasteiger partial charge is 0.435 e. The number of para-hydroxylation sites is 1. The standard InChI is InChI=1S/C27H24N4O/c1-17-12-14-20-21-15-13-18(2)29-26(21)32-24(20)23(17)31-25-22(11-8-16-28-25)30(27(31,3)4)19-9-6-5-7-10-19/h5-16H,1-4H3. The predicted molar refractivity (Wildman–Crippen MR) is 130 cm³/mol. The van der Waals surface area contributed by atoms with Crippen molar-refractivity contribution in [2.45, 2.75) is 33.4 Å². The first-order chi connectivity index (χ1) is 15.5. The SMILES string of the molecule is Cc1ccc2c(n1)oc1c(N3c4ncccc4N(c4ccccc4)C3(C)C)c(C)ccc12. The fourth-order valence-corrected chi connectivity index (χ4v) is 4.98. The average molecular weight is 421 g/mol. The Morgan fingerprint density at radius 2 is 1.59 bits per heavy atom. The third-order valence-electron chi connectivity index (χ3n) is 6.37. The lowest BCUT2D eigenvalue weighted by Crippen LogP contribution is -2.48. The second-order valence-electron chi connectivity index (χ2n) is 8.86. The molecule has 0 atom stereocenters. The molecule has 0 fully saturated rings. The summed E-state index contributed by atoms with van der Waals surface area (Å²) < 4.78 is 6.41. The molecule has 0 saturated heterocycles. The molecule has 4 heterocycles. The van der Waals surface area contributed by atoms with E-state index in [1.807, 2.05) is 31.3 Å². The first kappa shape index (κ1) is 18.9. The van der Waals surface area contributed by atoms with Crippen molar-refractivity contribution >= 4 is 44.9 Å². The highest BCUT2D eigenvalue weighted by Crippen LogP contribution is 2.53. The molecule has 32 heavy (non-hydrogen) atoms. The Morgan fingerprint density at radius 3 is 2.41 bits per heavy atom. The van der Waals surface area contributed by atoms with Crippen LogP contribution in [0, 0.1) is 13.8 Å². The Labute approximate surface area is 186 Å². The van der Waals surface area contributed by atoms with Gasteiger partial charge in [0.25, 0.3) is 0 Å². The van der Waals surface area contributed by atoms with Gasteiger partial charge in [-0.25, -0.2) is 9.97 Å². The Kier molecular flexibility index (Phi) is 3.87. The number of furan rings is 1. The number of rotatable bonds is 2. The van der Waals surface area contributed by atoms with Crippen LogP contribution >= 0.6 is 0 Å². The van der Waals surface area contributed by atoms with E-state index < -0.39 is 5.66 Å². The van der Waals surface area contributed by atoms with E-state index in [9.17, 15) is 0 Å². The molecular weight excluding hydrogens is 396 g/mol. The third-order valence-corrected chi connectivity index (χ3v) is 6.37. The lowest BCUT2D eigenvalue weighted by molar-refractivity contribution is 0.535. The van der Waals surface area contributed by atoms with Crippen LogP contribution in [0.2, 0.25) is 0 Å². The first-order valence-corrected chi connectivity index (χ1v) is 10.9. The van der Waals surface area contributed by atoms with Crippen molar-refractivity contribution in [3.05, 3.63) is 84.2 Å². The van der Waals surface area contributed by atoms with Gasteiger partial charge in [0.2, 0.25) is 5.71 Å². The van der Waals surface area contributed by atoms with Gasteiger partial charge in [0.05, 0.1) is 11.4 Å². The normalized spacial score (nSPS) is 15.0. The summed E-state index contributed by atoms with van der Waals surface area (Å²) >= 11 is 0. The van der Waals surface area contributed by atoms with Gasteiger partial charge in [-0.2, -0.15) is 0 Å². The molecular formula is C27H24N4O. The maximum absolute atomic E-state index is 6.41. The summed E-state index contributed by atoms with van der Waals surface area (Å²) in [6.45, 7) is 8.57. The van der Waals surface area contributed by atoms with E-state index in [-0.39, 0.29) is 0 Å². The maximum atomic E-state index is 6.41. The van der Waals surface area contributed by atoms with E-state index in [0.717, 1.165) is 50.5 Å². The van der Waals surface area contributed by atoms with Crippen LogP contribution in [0.5, 0.6) is 0 Å². The van der Waals surface area contributed by atoms with E-state index in [1.165, 1.54) is 0 Å². The quantitative estimate of drug-likeness (QED) is 0.307. The molecule has 0 spiro atoms. The number of anilines is 4. The molecule has 0 saturated carbocycles. The summed E-state index contributed by atoms with van der Waals surface area (Å²) in [5.41, 5.74) is 6.40. The van der Waals surface area contributed by atoms with Crippen molar-refractivity contribution in [1.82, 2.24) is 9.97 Å². The van der Waals surface area contributed by atoms with E-state index in [1.54, 1.807) is 0 Å². The van der Waals surface area contributed by atoms with Gasteiger partial charge in [-0.3, -0.25) is 4.90 Å². The Hall–Kier alpha value is -3.86. The molecule has 1 aliphatic rings.